The molecular formula is C16H26N2O3. The highest BCUT2D eigenvalue weighted by Gasteiger charge is 2.51. The first kappa shape index (κ1) is 14.8. The molecule has 1 spiro atoms. The molecule has 0 aromatic heterocycles. The maximum Gasteiger partial charge on any atom is 0.249 e. The molecule has 1 heterocycles. The Morgan fingerprint density at radius 3 is 2.62 bits per heavy atom. The van der Waals surface area contributed by atoms with Gasteiger partial charge >= 0.3 is 0 Å². The third-order valence-corrected chi connectivity index (χ3v) is 5.08. The SMILES string of the molecule is CCC1C(=O)NC2(CCCC2)C(=O)N1CCOCC1CC1. The minimum Gasteiger partial charge on any atom is -0.379 e. The summed E-state index contributed by atoms with van der Waals surface area (Å²) in [6, 6.07) is -0.326. The minimum absolute atomic E-state index is 0.0150. The fourth-order valence-corrected chi connectivity index (χ4v) is 3.61. The first-order valence-corrected chi connectivity index (χ1v) is 8.37. The lowest BCUT2D eigenvalue weighted by Gasteiger charge is -2.44. The van der Waals surface area contributed by atoms with E-state index in [9.17, 15) is 9.59 Å². The predicted octanol–water partition coefficient (Wildman–Crippen LogP) is 1.46. The number of nitrogens with zero attached hydrogens (tertiary/aromatic N) is 1. The van der Waals surface area contributed by atoms with Crippen LogP contribution in [0.25, 0.3) is 0 Å². The van der Waals surface area contributed by atoms with Crippen molar-refractivity contribution in [2.45, 2.75) is 63.5 Å². The summed E-state index contributed by atoms with van der Waals surface area (Å²) in [4.78, 5) is 27.0. The van der Waals surface area contributed by atoms with Crippen molar-refractivity contribution in [1.29, 1.82) is 0 Å². The van der Waals surface area contributed by atoms with E-state index in [0.29, 0.717) is 19.6 Å². The molecule has 3 aliphatic rings. The summed E-state index contributed by atoms with van der Waals surface area (Å²) in [5, 5.41) is 3.02. The largest absolute Gasteiger partial charge is 0.379 e. The van der Waals surface area contributed by atoms with Gasteiger partial charge in [-0.2, -0.15) is 0 Å². The van der Waals surface area contributed by atoms with E-state index >= 15 is 0 Å². The summed E-state index contributed by atoms with van der Waals surface area (Å²) in [5.41, 5.74) is -0.612. The van der Waals surface area contributed by atoms with Gasteiger partial charge in [0.1, 0.15) is 11.6 Å². The zero-order valence-electron chi connectivity index (χ0n) is 12.9. The minimum atomic E-state index is -0.612. The smallest absolute Gasteiger partial charge is 0.249 e. The Bertz CT molecular complexity index is 414. The number of carbonyl (C=O) groups is 2. The summed E-state index contributed by atoms with van der Waals surface area (Å²) in [6.45, 7) is 3.85. The number of amides is 2. The van der Waals surface area contributed by atoms with Gasteiger partial charge in [0.2, 0.25) is 11.8 Å². The number of hydrogen-bond donors (Lipinski definition) is 1. The number of nitrogens with one attached hydrogen (secondary N) is 1. The summed E-state index contributed by atoms with van der Waals surface area (Å²) >= 11 is 0. The van der Waals surface area contributed by atoms with Gasteiger partial charge in [-0.3, -0.25) is 9.59 Å². The summed E-state index contributed by atoms with van der Waals surface area (Å²) in [6.07, 6.45) is 6.82. The molecular weight excluding hydrogens is 268 g/mol. The molecule has 1 atom stereocenters. The molecule has 5 heteroatoms. The van der Waals surface area contributed by atoms with E-state index in [4.69, 9.17) is 4.74 Å². The van der Waals surface area contributed by atoms with E-state index in [1.54, 1.807) is 4.90 Å². The summed E-state index contributed by atoms with van der Waals surface area (Å²) in [7, 11) is 0. The predicted molar refractivity (Wildman–Crippen MR) is 78.7 cm³/mol. The van der Waals surface area contributed by atoms with Crippen molar-refractivity contribution in [1.82, 2.24) is 10.2 Å². The molecule has 118 valence electrons. The Morgan fingerprint density at radius 2 is 2.00 bits per heavy atom. The monoisotopic (exact) mass is 294 g/mol. The van der Waals surface area contributed by atoms with Crippen molar-refractivity contribution in [2.24, 2.45) is 5.92 Å². The lowest BCUT2D eigenvalue weighted by Crippen LogP contribution is -2.69. The van der Waals surface area contributed by atoms with Crippen LogP contribution in [0.15, 0.2) is 0 Å². The molecule has 2 saturated carbocycles. The normalized spacial score (nSPS) is 28.2. The van der Waals surface area contributed by atoms with Crippen LogP contribution in [0, 0.1) is 5.92 Å². The molecule has 21 heavy (non-hydrogen) atoms. The van der Waals surface area contributed by atoms with Gasteiger partial charge in [0.05, 0.1) is 6.61 Å². The van der Waals surface area contributed by atoms with Crippen molar-refractivity contribution in [3.05, 3.63) is 0 Å². The fourth-order valence-electron chi connectivity index (χ4n) is 3.61. The van der Waals surface area contributed by atoms with Crippen LogP contribution in [-0.4, -0.2) is 48.1 Å². The second-order valence-corrected chi connectivity index (χ2v) is 6.72. The fraction of sp³-hybridized carbons (Fsp3) is 0.875. The van der Waals surface area contributed by atoms with Gasteiger partial charge in [-0.15, -0.1) is 0 Å². The van der Waals surface area contributed by atoms with Crippen LogP contribution in [0.5, 0.6) is 0 Å². The third-order valence-electron chi connectivity index (χ3n) is 5.08. The number of ether oxygens (including phenoxy) is 1. The molecule has 2 amide bonds. The number of rotatable bonds is 6. The molecule has 1 saturated heterocycles. The standard InChI is InChI=1S/C16H26N2O3/c1-2-13-14(19)17-16(7-3-4-8-16)15(20)18(13)9-10-21-11-12-5-6-12/h12-13H,2-11H2,1H3,(H,17,19). The second-order valence-electron chi connectivity index (χ2n) is 6.72. The molecule has 3 rings (SSSR count). The van der Waals surface area contributed by atoms with Gasteiger partial charge in [-0.25, -0.2) is 0 Å². The molecule has 1 N–H and O–H groups in total. The molecule has 0 aromatic rings. The first-order chi connectivity index (χ1) is 10.2. The Labute approximate surface area is 126 Å². The number of piperazine rings is 1. The van der Waals surface area contributed by atoms with Crippen LogP contribution >= 0.6 is 0 Å². The van der Waals surface area contributed by atoms with E-state index in [-0.39, 0.29) is 17.9 Å². The quantitative estimate of drug-likeness (QED) is 0.755. The molecule has 0 bridgehead atoms. The van der Waals surface area contributed by atoms with Crippen LogP contribution in [0.3, 0.4) is 0 Å². The van der Waals surface area contributed by atoms with Crippen LogP contribution in [0.1, 0.15) is 51.9 Å². The van der Waals surface area contributed by atoms with Gasteiger partial charge in [-0.05, 0) is 38.0 Å². The van der Waals surface area contributed by atoms with E-state index in [0.717, 1.165) is 38.2 Å². The first-order valence-electron chi connectivity index (χ1n) is 8.37. The van der Waals surface area contributed by atoms with E-state index in [1.807, 2.05) is 6.92 Å². The second kappa shape index (κ2) is 5.95. The van der Waals surface area contributed by atoms with Crippen molar-refractivity contribution in [3.8, 4) is 0 Å². The van der Waals surface area contributed by atoms with Gasteiger partial charge in [0.25, 0.3) is 0 Å². The molecule has 0 aromatic carbocycles. The maximum atomic E-state index is 12.9. The van der Waals surface area contributed by atoms with Gasteiger partial charge < -0.3 is 15.0 Å². The average Bonchev–Trinajstić information content (AvgIpc) is 3.18. The average molecular weight is 294 g/mol. The number of hydrogen-bond acceptors (Lipinski definition) is 3. The van der Waals surface area contributed by atoms with Gasteiger partial charge in [0, 0.05) is 13.2 Å². The number of carbonyl (C=O) groups excluding carboxylic acids is 2. The maximum absolute atomic E-state index is 12.9. The van der Waals surface area contributed by atoms with E-state index < -0.39 is 5.54 Å². The highest BCUT2D eigenvalue weighted by Crippen LogP contribution is 2.35. The van der Waals surface area contributed by atoms with E-state index in [1.165, 1.54) is 12.8 Å². The van der Waals surface area contributed by atoms with Crippen LogP contribution in [-0.2, 0) is 14.3 Å². The summed E-state index contributed by atoms with van der Waals surface area (Å²) in [5.74, 6) is 0.858. The lowest BCUT2D eigenvalue weighted by molar-refractivity contribution is -0.155. The topological polar surface area (TPSA) is 58.6 Å². The van der Waals surface area contributed by atoms with Crippen LogP contribution in [0.2, 0.25) is 0 Å². The Hall–Kier alpha value is -1.10. The molecule has 0 radical (unpaired) electrons. The van der Waals surface area contributed by atoms with Crippen LogP contribution in [0.4, 0.5) is 0 Å². The zero-order chi connectivity index (χ0) is 14.9. The molecule has 3 fully saturated rings. The molecule has 5 nitrogen and oxygen atoms in total. The molecule has 1 aliphatic heterocycles. The third kappa shape index (κ3) is 2.93. The Balaban J connectivity index is 1.63. The van der Waals surface area contributed by atoms with Gasteiger partial charge in [0.15, 0.2) is 0 Å². The van der Waals surface area contributed by atoms with Crippen LogP contribution < -0.4 is 5.32 Å². The van der Waals surface area contributed by atoms with Crippen molar-refractivity contribution < 1.29 is 14.3 Å². The Morgan fingerprint density at radius 1 is 1.29 bits per heavy atom. The van der Waals surface area contributed by atoms with Crippen molar-refractivity contribution in [2.75, 3.05) is 19.8 Å². The highest BCUT2D eigenvalue weighted by atomic mass is 16.5. The highest BCUT2D eigenvalue weighted by molar-refractivity contribution is 6.00. The van der Waals surface area contributed by atoms with Gasteiger partial charge in [-0.1, -0.05) is 19.8 Å². The van der Waals surface area contributed by atoms with Crippen molar-refractivity contribution in [3.63, 3.8) is 0 Å². The zero-order valence-corrected chi connectivity index (χ0v) is 12.9. The van der Waals surface area contributed by atoms with Crippen molar-refractivity contribution >= 4 is 11.8 Å². The lowest BCUT2D eigenvalue weighted by atomic mass is 9.90. The molecule has 2 aliphatic carbocycles. The Kier molecular flexibility index (Phi) is 4.20. The van der Waals surface area contributed by atoms with E-state index in [2.05, 4.69) is 5.32 Å². The summed E-state index contributed by atoms with van der Waals surface area (Å²) < 4.78 is 5.66. The molecule has 1 unspecified atom stereocenters.